The number of rotatable bonds is 3. The van der Waals surface area contributed by atoms with Gasteiger partial charge in [-0.3, -0.25) is 0 Å². The average molecular weight is 294 g/mol. The van der Waals surface area contributed by atoms with Gasteiger partial charge in [0, 0.05) is 5.88 Å². The largest absolute Gasteiger partial charge is 0.456 e. The zero-order valence-corrected chi connectivity index (χ0v) is 12.0. The van der Waals surface area contributed by atoms with Crippen molar-refractivity contribution in [3.05, 3.63) is 71.8 Å². The molecule has 0 N–H and O–H groups in total. The molecule has 3 rings (SSSR count). The van der Waals surface area contributed by atoms with Crippen molar-refractivity contribution < 1.29 is 4.74 Å². The van der Waals surface area contributed by atoms with E-state index in [0.29, 0.717) is 22.9 Å². The van der Waals surface area contributed by atoms with Gasteiger partial charge in [-0.25, -0.2) is 0 Å². The van der Waals surface area contributed by atoms with Gasteiger partial charge in [0.05, 0.1) is 5.56 Å². The Kier molecular flexibility index (Phi) is 3.77. The van der Waals surface area contributed by atoms with Crippen molar-refractivity contribution in [3.63, 3.8) is 0 Å². The van der Waals surface area contributed by atoms with Gasteiger partial charge in [-0.15, -0.1) is 11.6 Å². The lowest BCUT2D eigenvalue weighted by atomic mass is 10.1. The highest BCUT2D eigenvalue weighted by Gasteiger charge is 2.06. The molecule has 0 atom stereocenters. The second kappa shape index (κ2) is 5.87. The van der Waals surface area contributed by atoms with Crippen LogP contribution in [-0.2, 0) is 5.88 Å². The lowest BCUT2D eigenvalue weighted by Crippen LogP contribution is -1.90. The summed E-state index contributed by atoms with van der Waals surface area (Å²) in [5.41, 5.74) is 1.39. The molecule has 3 aromatic rings. The van der Waals surface area contributed by atoms with E-state index in [9.17, 15) is 5.26 Å². The van der Waals surface area contributed by atoms with Gasteiger partial charge in [0.2, 0.25) is 0 Å². The standard InChI is InChI=1S/C18H12ClNO/c19-11-13-5-8-18(16(9-13)12-20)21-17-7-6-14-3-1-2-4-15(14)10-17/h1-10H,11H2. The lowest BCUT2D eigenvalue weighted by molar-refractivity contribution is 0.481. The number of benzene rings is 3. The van der Waals surface area contributed by atoms with Crippen LogP contribution >= 0.6 is 11.6 Å². The summed E-state index contributed by atoms with van der Waals surface area (Å²) in [7, 11) is 0. The fourth-order valence-electron chi connectivity index (χ4n) is 2.19. The summed E-state index contributed by atoms with van der Waals surface area (Å²) in [4.78, 5) is 0. The second-order valence-corrected chi connectivity index (χ2v) is 4.95. The molecule has 0 spiro atoms. The van der Waals surface area contributed by atoms with Gasteiger partial charge < -0.3 is 4.74 Å². The second-order valence-electron chi connectivity index (χ2n) is 4.69. The third kappa shape index (κ3) is 2.84. The highest BCUT2D eigenvalue weighted by Crippen LogP contribution is 2.28. The highest BCUT2D eigenvalue weighted by atomic mass is 35.5. The number of fused-ring (bicyclic) bond motifs is 1. The maximum atomic E-state index is 9.22. The van der Waals surface area contributed by atoms with E-state index in [0.717, 1.165) is 16.3 Å². The molecule has 2 nitrogen and oxygen atoms in total. The SMILES string of the molecule is N#Cc1cc(CCl)ccc1Oc1ccc2ccccc2c1. The third-order valence-electron chi connectivity index (χ3n) is 3.27. The van der Waals surface area contributed by atoms with Crippen LogP contribution < -0.4 is 4.74 Å². The maximum absolute atomic E-state index is 9.22. The molecule has 0 aliphatic carbocycles. The van der Waals surface area contributed by atoms with Crippen LogP contribution in [0.2, 0.25) is 0 Å². The normalized spacial score (nSPS) is 10.3. The van der Waals surface area contributed by atoms with Crippen molar-refractivity contribution in [2.45, 2.75) is 5.88 Å². The van der Waals surface area contributed by atoms with Crippen LogP contribution in [0.3, 0.4) is 0 Å². The van der Waals surface area contributed by atoms with E-state index in [-0.39, 0.29) is 0 Å². The molecule has 0 saturated carbocycles. The average Bonchev–Trinajstić information content (AvgIpc) is 2.55. The quantitative estimate of drug-likeness (QED) is 0.618. The molecule has 0 amide bonds. The molecule has 3 heteroatoms. The van der Waals surface area contributed by atoms with Crippen LogP contribution in [0.15, 0.2) is 60.7 Å². The first kappa shape index (κ1) is 13.5. The Labute approximate surface area is 128 Å². The van der Waals surface area contributed by atoms with E-state index in [2.05, 4.69) is 12.1 Å². The van der Waals surface area contributed by atoms with E-state index >= 15 is 0 Å². The van der Waals surface area contributed by atoms with Gasteiger partial charge in [-0.1, -0.05) is 36.4 Å². The van der Waals surface area contributed by atoms with Crippen molar-refractivity contribution in [2.75, 3.05) is 0 Å². The van der Waals surface area contributed by atoms with Gasteiger partial charge in [-0.05, 0) is 40.6 Å². The molecule has 0 unspecified atom stereocenters. The van der Waals surface area contributed by atoms with Crippen LogP contribution in [0.1, 0.15) is 11.1 Å². The number of alkyl halides is 1. The molecule has 0 fully saturated rings. The predicted octanol–water partition coefficient (Wildman–Crippen LogP) is 5.24. The first-order valence-electron chi connectivity index (χ1n) is 6.56. The maximum Gasteiger partial charge on any atom is 0.145 e. The number of hydrogen-bond acceptors (Lipinski definition) is 2. The summed E-state index contributed by atoms with van der Waals surface area (Å²) in [6.45, 7) is 0. The molecule has 0 saturated heterocycles. The molecule has 0 bridgehead atoms. The van der Waals surface area contributed by atoms with Gasteiger partial charge in [-0.2, -0.15) is 5.26 Å². The molecule has 3 aromatic carbocycles. The lowest BCUT2D eigenvalue weighted by Gasteiger charge is -2.09. The van der Waals surface area contributed by atoms with E-state index in [1.54, 1.807) is 12.1 Å². The highest BCUT2D eigenvalue weighted by molar-refractivity contribution is 6.17. The van der Waals surface area contributed by atoms with E-state index in [1.807, 2.05) is 42.5 Å². The fraction of sp³-hybridized carbons (Fsp3) is 0.0556. The topological polar surface area (TPSA) is 33.0 Å². The summed E-state index contributed by atoms with van der Waals surface area (Å²) < 4.78 is 5.84. The monoisotopic (exact) mass is 293 g/mol. The van der Waals surface area contributed by atoms with Crippen molar-refractivity contribution in [3.8, 4) is 17.6 Å². The molecular weight excluding hydrogens is 282 g/mol. The molecule has 0 radical (unpaired) electrons. The summed E-state index contributed by atoms with van der Waals surface area (Å²) >= 11 is 5.78. The Morgan fingerprint density at radius 3 is 2.52 bits per heavy atom. The molecular formula is C18H12ClNO. The first-order chi connectivity index (χ1) is 10.3. The van der Waals surface area contributed by atoms with Crippen molar-refractivity contribution in [1.29, 1.82) is 5.26 Å². The van der Waals surface area contributed by atoms with E-state index in [4.69, 9.17) is 16.3 Å². The Morgan fingerprint density at radius 2 is 1.76 bits per heavy atom. The Morgan fingerprint density at radius 1 is 0.952 bits per heavy atom. The molecule has 0 aliphatic rings. The van der Waals surface area contributed by atoms with Crippen LogP contribution in [0.25, 0.3) is 10.8 Å². The van der Waals surface area contributed by atoms with Crippen LogP contribution in [0, 0.1) is 11.3 Å². The van der Waals surface area contributed by atoms with Crippen molar-refractivity contribution in [2.24, 2.45) is 0 Å². The number of nitrogens with zero attached hydrogens (tertiary/aromatic N) is 1. The zero-order chi connectivity index (χ0) is 14.7. The summed E-state index contributed by atoms with van der Waals surface area (Å²) in [6.07, 6.45) is 0. The minimum atomic E-state index is 0.380. The third-order valence-corrected chi connectivity index (χ3v) is 3.58. The number of ether oxygens (including phenoxy) is 1. The van der Waals surface area contributed by atoms with Crippen molar-refractivity contribution in [1.82, 2.24) is 0 Å². The fourth-order valence-corrected chi connectivity index (χ4v) is 2.36. The van der Waals surface area contributed by atoms with Crippen molar-refractivity contribution >= 4 is 22.4 Å². The molecule has 0 aliphatic heterocycles. The minimum Gasteiger partial charge on any atom is -0.456 e. The molecule has 0 aromatic heterocycles. The van der Waals surface area contributed by atoms with Crippen LogP contribution in [0.4, 0.5) is 0 Å². The molecule has 0 heterocycles. The Bertz CT molecular complexity index is 836. The van der Waals surface area contributed by atoms with E-state index in [1.165, 1.54) is 0 Å². The summed E-state index contributed by atoms with van der Waals surface area (Å²) in [5.74, 6) is 1.63. The van der Waals surface area contributed by atoms with Crippen LogP contribution in [0.5, 0.6) is 11.5 Å². The van der Waals surface area contributed by atoms with Gasteiger partial charge >= 0.3 is 0 Å². The zero-order valence-electron chi connectivity index (χ0n) is 11.2. The smallest absolute Gasteiger partial charge is 0.145 e. The Balaban J connectivity index is 1.96. The summed E-state index contributed by atoms with van der Waals surface area (Å²) in [5, 5.41) is 11.5. The molecule has 102 valence electrons. The van der Waals surface area contributed by atoms with Gasteiger partial charge in [0.1, 0.15) is 17.6 Å². The van der Waals surface area contributed by atoms with Crippen LogP contribution in [-0.4, -0.2) is 0 Å². The Hall–Kier alpha value is -2.50. The number of nitriles is 1. The summed E-state index contributed by atoms with van der Waals surface area (Å²) in [6, 6.07) is 21.5. The van der Waals surface area contributed by atoms with Gasteiger partial charge in [0.15, 0.2) is 0 Å². The molecule has 21 heavy (non-hydrogen) atoms. The predicted molar refractivity (Wildman–Crippen MR) is 84.7 cm³/mol. The number of hydrogen-bond donors (Lipinski definition) is 0. The van der Waals surface area contributed by atoms with Gasteiger partial charge in [0.25, 0.3) is 0 Å². The number of halogens is 1. The van der Waals surface area contributed by atoms with E-state index < -0.39 is 0 Å². The first-order valence-corrected chi connectivity index (χ1v) is 7.09. The minimum absolute atomic E-state index is 0.380.